The number of morpholine rings is 1. The van der Waals surface area contributed by atoms with Gasteiger partial charge in [0.2, 0.25) is 0 Å². The van der Waals surface area contributed by atoms with E-state index in [1.54, 1.807) is 32.2 Å². The van der Waals surface area contributed by atoms with E-state index >= 15 is 0 Å². The van der Waals surface area contributed by atoms with Crippen LogP contribution < -0.4 is 10.5 Å². The molecule has 27 heavy (non-hydrogen) atoms. The molecule has 6 nitrogen and oxygen atoms in total. The van der Waals surface area contributed by atoms with Gasteiger partial charge in [-0.15, -0.1) is 0 Å². The molecule has 140 valence electrons. The van der Waals surface area contributed by atoms with E-state index in [9.17, 15) is 9.18 Å². The Bertz CT molecular complexity index is 1090. The first-order chi connectivity index (χ1) is 13.0. The summed E-state index contributed by atoms with van der Waals surface area (Å²) in [4.78, 5) is 24.2. The van der Waals surface area contributed by atoms with E-state index < -0.39 is 5.82 Å². The fourth-order valence-corrected chi connectivity index (χ4v) is 3.37. The van der Waals surface area contributed by atoms with Crippen molar-refractivity contribution in [2.75, 3.05) is 31.2 Å². The van der Waals surface area contributed by atoms with Crippen LogP contribution in [0.2, 0.25) is 5.02 Å². The van der Waals surface area contributed by atoms with Gasteiger partial charge in [-0.2, -0.15) is 0 Å². The molecule has 0 atom stereocenters. The van der Waals surface area contributed by atoms with Crippen molar-refractivity contribution in [3.8, 4) is 11.3 Å². The SMILES string of the molecule is Cc1nc2cc(N3CCOCC3)nc(-c3ccc(Cl)cc3F)c2c(=O)n1C. The van der Waals surface area contributed by atoms with Crippen LogP contribution in [-0.4, -0.2) is 40.8 Å². The second-order valence-electron chi connectivity index (χ2n) is 6.47. The van der Waals surface area contributed by atoms with Gasteiger partial charge in [-0.25, -0.2) is 14.4 Å². The van der Waals surface area contributed by atoms with Crippen LogP contribution >= 0.6 is 11.6 Å². The van der Waals surface area contributed by atoms with Crippen LogP contribution in [-0.2, 0) is 11.8 Å². The minimum absolute atomic E-state index is 0.224. The fraction of sp³-hybridized carbons (Fsp3) is 0.316. The number of nitrogens with zero attached hydrogens (tertiary/aromatic N) is 4. The summed E-state index contributed by atoms with van der Waals surface area (Å²) < 4.78 is 21.5. The standard InChI is InChI=1S/C19H18ClFN4O2/c1-11-22-15-10-16(25-5-7-27-8-6-25)23-18(17(15)19(26)24(11)2)13-4-3-12(20)9-14(13)21/h3-4,9-10H,5-8H2,1-2H3. The Morgan fingerprint density at radius 2 is 1.93 bits per heavy atom. The molecule has 1 aliphatic heterocycles. The molecule has 1 aromatic carbocycles. The lowest BCUT2D eigenvalue weighted by Gasteiger charge is -2.28. The van der Waals surface area contributed by atoms with Crippen molar-refractivity contribution in [2.45, 2.75) is 6.92 Å². The lowest BCUT2D eigenvalue weighted by Crippen LogP contribution is -2.37. The normalized spacial score (nSPS) is 14.7. The number of ether oxygens (including phenoxy) is 1. The first kappa shape index (κ1) is 17.9. The van der Waals surface area contributed by atoms with Gasteiger partial charge in [-0.3, -0.25) is 9.36 Å². The van der Waals surface area contributed by atoms with E-state index in [1.807, 2.05) is 0 Å². The van der Waals surface area contributed by atoms with Crippen LogP contribution in [0.5, 0.6) is 0 Å². The highest BCUT2D eigenvalue weighted by Crippen LogP contribution is 2.31. The molecule has 2 aromatic heterocycles. The highest BCUT2D eigenvalue weighted by Gasteiger charge is 2.21. The maximum absolute atomic E-state index is 14.7. The molecule has 0 saturated carbocycles. The van der Waals surface area contributed by atoms with Crippen LogP contribution in [0, 0.1) is 12.7 Å². The highest BCUT2D eigenvalue weighted by molar-refractivity contribution is 6.30. The number of fused-ring (bicyclic) bond motifs is 1. The molecule has 1 fully saturated rings. The second kappa shape index (κ2) is 6.90. The molecule has 0 unspecified atom stereocenters. The summed E-state index contributed by atoms with van der Waals surface area (Å²) in [6.07, 6.45) is 0. The van der Waals surface area contributed by atoms with Crippen molar-refractivity contribution in [3.05, 3.63) is 51.3 Å². The number of pyridine rings is 1. The fourth-order valence-electron chi connectivity index (χ4n) is 3.21. The zero-order chi connectivity index (χ0) is 19.1. The van der Waals surface area contributed by atoms with E-state index in [0.717, 1.165) is 0 Å². The maximum Gasteiger partial charge on any atom is 0.263 e. The Morgan fingerprint density at radius 3 is 2.63 bits per heavy atom. The highest BCUT2D eigenvalue weighted by atomic mass is 35.5. The van der Waals surface area contributed by atoms with Crippen molar-refractivity contribution < 1.29 is 9.13 Å². The molecular weight excluding hydrogens is 371 g/mol. The Morgan fingerprint density at radius 1 is 1.19 bits per heavy atom. The van der Waals surface area contributed by atoms with Gasteiger partial charge in [0.05, 0.1) is 29.8 Å². The van der Waals surface area contributed by atoms with Crippen molar-refractivity contribution in [1.82, 2.24) is 14.5 Å². The monoisotopic (exact) mass is 388 g/mol. The third-order valence-corrected chi connectivity index (χ3v) is 5.03. The van der Waals surface area contributed by atoms with Gasteiger partial charge in [0.15, 0.2) is 0 Å². The van der Waals surface area contributed by atoms with Gasteiger partial charge >= 0.3 is 0 Å². The third kappa shape index (κ3) is 3.17. The van der Waals surface area contributed by atoms with E-state index in [2.05, 4.69) is 14.9 Å². The molecule has 0 N–H and O–H groups in total. The summed E-state index contributed by atoms with van der Waals surface area (Å²) in [5.74, 6) is 0.697. The number of anilines is 1. The topological polar surface area (TPSA) is 60.2 Å². The zero-order valence-corrected chi connectivity index (χ0v) is 15.8. The third-order valence-electron chi connectivity index (χ3n) is 4.79. The number of hydrogen-bond donors (Lipinski definition) is 0. The van der Waals surface area contributed by atoms with E-state index in [1.165, 1.54) is 10.6 Å². The molecule has 3 aromatic rings. The molecular formula is C19H18ClFN4O2. The summed E-state index contributed by atoms with van der Waals surface area (Å²) in [5, 5.41) is 0.577. The summed E-state index contributed by atoms with van der Waals surface area (Å²) in [5.41, 5.74) is 0.734. The average Bonchev–Trinajstić information content (AvgIpc) is 2.66. The summed E-state index contributed by atoms with van der Waals surface area (Å²) in [7, 11) is 1.64. The van der Waals surface area contributed by atoms with Gasteiger partial charge < -0.3 is 9.64 Å². The zero-order valence-electron chi connectivity index (χ0n) is 15.0. The van der Waals surface area contributed by atoms with Crippen LogP contribution in [0.15, 0.2) is 29.1 Å². The van der Waals surface area contributed by atoms with Crippen molar-refractivity contribution in [2.24, 2.45) is 7.05 Å². The molecule has 0 amide bonds. The molecule has 1 aliphatic rings. The predicted octanol–water partition coefficient (Wildman–Crippen LogP) is 2.93. The molecule has 0 radical (unpaired) electrons. The van der Waals surface area contributed by atoms with Gasteiger partial charge in [0.1, 0.15) is 17.5 Å². The first-order valence-corrected chi connectivity index (χ1v) is 9.00. The number of benzene rings is 1. The average molecular weight is 389 g/mol. The first-order valence-electron chi connectivity index (χ1n) is 8.62. The van der Waals surface area contributed by atoms with Crippen LogP contribution in [0.25, 0.3) is 22.2 Å². The van der Waals surface area contributed by atoms with Gasteiger partial charge in [0.25, 0.3) is 5.56 Å². The maximum atomic E-state index is 14.7. The van der Waals surface area contributed by atoms with Gasteiger partial charge in [-0.05, 0) is 25.1 Å². The minimum atomic E-state index is -0.530. The van der Waals surface area contributed by atoms with Crippen molar-refractivity contribution in [3.63, 3.8) is 0 Å². The molecule has 8 heteroatoms. The van der Waals surface area contributed by atoms with E-state index in [0.29, 0.717) is 48.8 Å². The van der Waals surface area contributed by atoms with Crippen molar-refractivity contribution in [1.29, 1.82) is 0 Å². The molecule has 3 heterocycles. The van der Waals surface area contributed by atoms with Crippen LogP contribution in [0.3, 0.4) is 0 Å². The Kier molecular flexibility index (Phi) is 4.57. The smallest absolute Gasteiger partial charge is 0.263 e. The molecule has 0 bridgehead atoms. The quantitative estimate of drug-likeness (QED) is 0.675. The van der Waals surface area contributed by atoms with Crippen molar-refractivity contribution >= 4 is 28.3 Å². The number of aromatic nitrogens is 3. The van der Waals surface area contributed by atoms with E-state index in [4.69, 9.17) is 16.3 Å². The predicted molar refractivity (Wildman–Crippen MR) is 103 cm³/mol. The second-order valence-corrected chi connectivity index (χ2v) is 6.91. The van der Waals surface area contributed by atoms with Gasteiger partial charge in [-0.1, -0.05) is 11.6 Å². The molecule has 0 spiro atoms. The summed E-state index contributed by atoms with van der Waals surface area (Å²) in [6, 6.07) is 6.13. The Labute approximate surface area is 160 Å². The Balaban J connectivity index is 2.04. The molecule has 0 aliphatic carbocycles. The number of aryl methyl sites for hydroxylation is 1. The summed E-state index contributed by atoms with van der Waals surface area (Å²) in [6.45, 7) is 4.29. The number of halogens is 2. The molecule has 1 saturated heterocycles. The molecule has 4 rings (SSSR count). The van der Waals surface area contributed by atoms with Crippen LogP contribution in [0.1, 0.15) is 5.82 Å². The lowest BCUT2D eigenvalue weighted by molar-refractivity contribution is 0.122. The lowest BCUT2D eigenvalue weighted by atomic mass is 10.1. The largest absolute Gasteiger partial charge is 0.378 e. The van der Waals surface area contributed by atoms with E-state index in [-0.39, 0.29) is 21.8 Å². The minimum Gasteiger partial charge on any atom is -0.378 e. The number of hydrogen-bond acceptors (Lipinski definition) is 5. The van der Waals surface area contributed by atoms with Gasteiger partial charge in [0, 0.05) is 36.8 Å². The van der Waals surface area contributed by atoms with Crippen LogP contribution in [0.4, 0.5) is 10.2 Å². The number of rotatable bonds is 2. The summed E-state index contributed by atoms with van der Waals surface area (Å²) >= 11 is 5.89. The Hall–Kier alpha value is -2.51.